The van der Waals surface area contributed by atoms with Crippen molar-refractivity contribution in [2.45, 2.75) is 13.5 Å². The van der Waals surface area contributed by atoms with Gasteiger partial charge in [-0.05, 0) is 30.7 Å². The Morgan fingerprint density at radius 3 is 2.68 bits per heavy atom. The van der Waals surface area contributed by atoms with E-state index in [1.807, 2.05) is 31.2 Å². The number of pyridine rings is 1. The minimum absolute atomic E-state index is 0.141. The number of non-ortho nitro benzene ring substituents is 1. The predicted molar refractivity (Wildman–Crippen MR) is 103 cm³/mol. The summed E-state index contributed by atoms with van der Waals surface area (Å²) in [6.07, 6.45) is 1.42. The van der Waals surface area contributed by atoms with Crippen molar-refractivity contribution in [3.63, 3.8) is 0 Å². The van der Waals surface area contributed by atoms with Gasteiger partial charge < -0.3 is 10.2 Å². The Bertz CT molecular complexity index is 1090. The second-order valence-electron chi connectivity index (χ2n) is 6.08. The number of aromatic nitrogens is 1. The molecule has 0 saturated carbocycles. The summed E-state index contributed by atoms with van der Waals surface area (Å²) in [5.74, 6) is -0.681. The normalized spacial score (nSPS) is 10.3. The molecule has 1 amide bonds. The van der Waals surface area contributed by atoms with Gasteiger partial charge in [0.25, 0.3) is 17.2 Å². The van der Waals surface area contributed by atoms with Crippen molar-refractivity contribution in [2.24, 2.45) is 0 Å². The van der Waals surface area contributed by atoms with Gasteiger partial charge in [0.05, 0.1) is 4.92 Å². The number of nitrogens with zero attached hydrogens (tertiary/aromatic N) is 2. The number of amides is 1. The summed E-state index contributed by atoms with van der Waals surface area (Å²) in [6, 6.07) is 16.0. The Kier molecular flexibility index (Phi) is 5.50. The van der Waals surface area contributed by atoms with Crippen LogP contribution in [-0.4, -0.2) is 15.6 Å². The number of anilines is 1. The first kappa shape index (κ1) is 18.8. The summed E-state index contributed by atoms with van der Waals surface area (Å²) in [4.78, 5) is 40.7. The van der Waals surface area contributed by atoms with Crippen LogP contribution in [0.4, 0.5) is 11.4 Å². The molecule has 142 valence electrons. The van der Waals surface area contributed by atoms with Gasteiger partial charge in [0.2, 0.25) is 0 Å². The number of aryl methyl sites for hydroxylation is 1. The molecule has 3 aromatic rings. The molecule has 0 unspecified atom stereocenters. The molecule has 8 heteroatoms. The maximum Gasteiger partial charge on any atom is 0.295 e. The first-order valence-corrected chi connectivity index (χ1v) is 8.40. The number of hydrogen-bond donors (Lipinski definition) is 1. The molecule has 0 fully saturated rings. The Labute approximate surface area is 160 Å². The molecule has 0 bridgehead atoms. The fourth-order valence-electron chi connectivity index (χ4n) is 2.59. The van der Waals surface area contributed by atoms with Crippen molar-refractivity contribution in [1.82, 2.24) is 4.73 Å². The summed E-state index contributed by atoms with van der Waals surface area (Å²) in [6.45, 7) is 2.12. The van der Waals surface area contributed by atoms with Crippen LogP contribution in [0.5, 0.6) is 0 Å². The third-order valence-electron chi connectivity index (χ3n) is 3.93. The van der Waals surface area contributed by atoms with Crippen molar-refractivity contribution < 1.29 is 14.6 Å². The SMILES string of the molecule is Cc1cccc(COn2cccc(C(=O)Nc3cccc([N+](=O)[O-])c3)c2=O)c1. The molecule has 0 spiro atoms. The van der Waals surface area contributed by atoms with Crippen molar-refractivity contribution in [1.29, 1.82) is 0 Å². The highest BCUT2D eigenvalue weighted by Crippen LogP contribution is 2.17. The molecule has 3 rings (SSSR count). The quantitative estimate of drug-likeness (QED) is 0.524. The Morgan fingerprint density at radius 2 is 1.93 bits per heavy atom. The van der Waals surface area contributed by atoms with E-state index in [2.05, 4.69) is 5.32 Å². The summed E-state index contributed by atoms with van der Waals surface area (Å²) >= 11 is 0. The number of nitro benzene ring substituents is 1. The van der Waals surface area contributed by atoms with Gasteiger partial charge in [-0.3, -0.25) is 19.7 Å². The van der Waals surface area contributed by atoms with Gasteiger partial charge in [-0.1, -0.05) is 35.9 Å². The highest BCUT2D eigenvalue weighted by Gasteiger charge is 2.14. The average molecular weight is 379 g/mol. The van der Waals surface area contributed by atoms with Crippen LogP contribution < -0.4 is 15.7 Å². The smallest absolute Gasteiger partial charge is 0.295 e. The average Bonchev–Trinajstić information content (AvgIpc) is 2.67. The van der Waals surface area contributed by atoms with Crippen LogP contribution in [0.1, 0.15) is 21.5 Å². The number of rotatable bonds is 6. The summed E-state index contributed by atoms with van der Waals surface area (Å²) in [5.41, 5.74) is 1.24. The molecule has 2 aromatic carbocycles. The van der Waals surface area contributed by atoms with Crippen molar-refractivity contribution in [3.8, 4) is 0 Å². The van der Waals surface area contributed by atoms with Gasteiger partial charge in [-0.25, -0.2) is 0 Å². The van der Waals surface area contributed by atoms with Gasteiger partial charge in [-0.2, -0.15) is 4.73 Å². The van der Waals surface area contributed by atoms with Crippen LogP contribution in [0.2, 0.25) is 0 Å². The standard InChI is InChI=1S/C20H17N3O5/c1-14-5-2-6-15(11-14)13-28-22-10-4-9-18(20(22)25)19(24)21-16-7-3-8-17(12-16)23(26)27/h2-12H,13H2,1H3,(H,21,24). The zero-order chi connectivity index (χ0) is 20.1. The van der Waals surface area contributed by atoms with Crippen LogP contribution in [0.3, 0.4) is 0 Å². The molecular weight excluding hydrogens is 362 g/mol. The first-order valence-electron chi connectivity index (χ1n) is 8.40. The van der Waals surface area contributed by atoms with Crippen molar-refractivity contribution >= 4 is 17.3 Å². The number of nitro groups is 1. The lowest BCUT2D eigenvalue weighted by atomic mass is 10.1. The van der Waals surface area contributed by atoms with Crippen molar-refractivity contribution in [2.75, 3.05) is 5.32 Å². The van der Waals surface area contributed by atoms with Crippen LogP contribution in [0.15, 0.2) is 71.7 Å². The van der Waals surface area contributed by atoms with E-state index >= 15 is 0 Å². The molecule has 8 nitrogen and oxygen atoms in total. The van der Waals surface area contributed by atoms with E-state index in [4.69, 9.17) is 4.84 Å². The van der Waals surface area contributed by atoms with E-state index in [9.17, 15) is 19.7 Å². The Hall–Kier alpha value is -3.94. The monoisotopic (exact) mass is 379 g/mol. The number of carbonyl (C=O) groups excluding carboxylic acids is 1. The van der Waals surface area contributed by atoms with Crippen LogP contribution >= 0.6 is 0 Å². The number of benzene rings is 2. The van der Waals surface area contributed by atoms with E-state index in [0.717, 1.165) is 15.9 Å². The fraction of sp³-hybridized carbons (Fsp3) is 0.100. The highest BCUT2D eigenvalue weighted by molar-refractivity contribution is 6.04. The number of nitrogens with one attached hydrogen (secondary N) is 1. The molecule has 1 heterocycles. The van der Waals surface area contributed by atoms with Gasteiger partial charge in [-0.15, -0.1) is 0 Å². The lowest BCUT2D eigenvalue weighted by Crippen LogP contribution is -2.32. The topological polar surface area (TPSA) is 103 Å². The van der Waals surface area contributed by atoms with Gasteiger partial charge in [0.15, 0.2) is 0 Å². The van der Waals surface area contributed by atoms with Crippen molar-refractivity contribution in [3.05, 3.63) is 104 Å². The second-order valence-corrected chi connectivity index (χ2v) is 6.08. The van der Waals surface area contributed by atoms with Crippen LogP contribution in [0.25, 0.3) is 0 Å². The molecule has 0 atom stereocenters. The van der Waals surface area contributed by atoms with Crippen LogP contribution in [-0.2, 0) is 6.61 Å². The van der Waals surface area contributed by atoms with Gasteiger partial charge in [0.1, 0.15) is 12.2 Å². The third-order valence-corrected chi connectivity index (χ3v) is 3.93. The molecule has 0 radical (unpaired) electrons. The maximum absolute atomic E-state index is 12.5. The second kappa shape index (κ2) is 8.17. The molecule has 0 aliphatic rings. The number of hydrogen-bond acceptors (Lipinski definition) is 5. The fourth-order valence-corrected chi connectivity index (χ4v) is 2.59. The molecule has 0 aliphatic carbocycles. The van der Waals surface area contributed by atoms with E-state index in [-0.39, 0.29) is 23.5 Å². The maximum atomic E-state index is 12.5. The largest absolute Gasteiger partial charge is 0.406 e. The van der Waals surface area contributed by atoms with E-state index in [0.29, 0.717) is 0 Å². The molecule has 28 heavy (non-hydrogen) atoms. The third kappa shape index (κ3) is 4.42. The molecular formula is C20H17N3O5. The zero-order valence-electron chi connectivity index (χ0n) is 15.0. The minimum atomic E-state index is -0.681. The van der Waals surface area contributed by atoms with Crippen LogP contribution in [0, 0.1) is 17.0 Å². The summed E-state index contributed by atoms with van der Waals surface area (Å²) in [5, 5.41) is 13.3. The predicted octanol–water partition coefficient (Wildman–Crippen LogP) is 2.95. The lowest BCUT2D eigenvalue weighted by molar-refractivity contribution is -0.384. The Balaban J connectivity index is 1.76. The number of carbonyl (C=O) groups is 1. The van der Waals surface area contributed by atoms with Gasteiger partial charge >= 0.3 is 0 Å². The highest BCUT2D eigenvalue weighted by atomic mass is 16.7. The lowest BCUT2D eigenvalue weighted by Gasteiger charge is -2.10. The summed E-state index contributed by atoms with van der Waals surface area (Å²) in [7, 11) is 0. The first-order chi connectivity index (χ1) is 13.4. The Morgan fingerprint density at radius 1 is 1.14 bits per heavy atom. The molecule has 1 N–H and O–H groups in total. The van der Waals surface area contributed by atoms with E-state index in [1.54, 1.807) is 0 Å². The van der Waals surface area contributed by atoms with E-state index in [1.165, 1.54) is 42.6 Å². The summed E-state index contributed by atoms with van der Waals surface area (Å²) < 4.78 is 0.991. The molecule has 0 aliphatic heterocycles. The van der Waals surface area contributed by atoms with E-state index < -0.39 is 16.4 Å². The molecule has 0 saturated heterocycles. The molecule has 1 aromatic heterocycles. The minimum Gasteiger partial charge on any atom is -0.406 e. The zero-order valence-corrected chi connectivity index (χ0v) is 15.0. The van der Waals surface area contributed by atoms with Gasteiger partial charge in [0, 0.05) is 24.0 Å².